The number of hydrogen-bond acceptors (Lipinski definition) is 22. The smallest absolute Gasteiger partial charge is 0.464 e. The Bertz CT molecular complexity index is 2610. The van der Waals surface area contributed by atoms with Gasteiger partial charge in [-0.2, -0.15) is 0 Å². The van der Waals surface area contributed by atoms with Crippen molar-refractivity contribution in [3.8, 4) is 0 Å². The Morgan fingerprint density at radius 2 is 0.821 bits per heavy atom. The molecule has 1 heterocycles. The van der Waals surface area contributed by atoms with Crippen molar-refractivity contribution in [1.82, 2.24) is 16.0 Å². The summed E-state index contributed by atoms with van der Waals surface area (Å²) >= 11 is 0. The predicted molar refractivity (Wildman–Crippen MR) is 463 cm³/mol. The van der Waals surface area contributed by atoms with E-state index in [4.69, 9.17) is 75.4 Å². The molecule has 1 fully saturated rings. The van der Waals surface area contributed by atoms with Crippen molar-refractivity contribution in [3.63, 3.8) is 0 Å². The number of carbonyl (C=O) groups excluding carboxylic acids is 4. The monoisotopic (exact) mass is 1680 g/mol. The zero-order valence-corrected chi connectivity index (χ0v) is 75.3. The molecule has 682 valence electrons. The number of phosphoric acid groups is 1. The van der Waals surface area contributed by atoms with Gasteiger partial charge in [0.2, 0.25) is 11.8 Å². The number of phosphoric ester groups is 1. The van der Waals surface area contributed by atoms with Crippen molar-refractivity contribution in [2.24, 2.45) is 5.41 Å². The number of esters is 2. The highest BCUT2D eigenvalue weighted by Crippen LogP contribution is 2.45. The lowest BCUT2D eigenvalue weighted by atomic mass is 9.72. The summed E-state index contributed by atoms with van der Waals surface area (Å²) in [6, 6.07) is 0. The third kappa shape index (κ3) is 69.3. The molecular weight excluding hydrogens is 1520 g/mol. The molecule has 2 rings (SSSR count). The van der Waals surface area contributed by atoms with E-state index in [0.717, 1.165) is 56.1 Å². The van der Waals surface area contributed by atoms with E-state index < -0.39 is 19.6 Å². The average molecular weight is 1690 g/mol. The highest BCUT2D eigenvalue weighted by molar-refractivity contribution is 7.47. The molecule has 1 aliphatic carbocycles. The molecule has 0 aromatic carbocycles. The third-order valence-corrected chi connectivity index (χ3v) is 21.5. The third-order valence-electron chi connectivity index (χ3n) is 20.5. The van der Waals surface area contributed by atoms with Crippen molar-refractivity contribution < 1.29 is 104 Å². The normalized spacial score (nSPS) is 16.5. The molecule has 0 radical (unpaired) electrons. The minimum absolute atomic E-state index is 0.0451. The van der Waals surface area contributed by atoms with Crippen LogP contribution in [0.15, 0.2) is 58.7 Å². The van der Waals surface area contributed by atoms with E-state index in [-0.39, 0.29) is 81.6 Å². The number of carbonyl (C=O) groups is 4. The Hall–Kier alpha value is -3.83. The summed E-state index contributed by atoms with van der Waals surface area (Å²) in [5, 5.41) is 8.77. The molecule has 3 atom stereocenters. The van der Waals surface area contributed by atoms with Gasteiger partial charge in [-0.25, -0.2) is 4.57 Å². The second kappa shape index (κ2) is 78.2. The van der Waals surface area contributed by atoms with Crippen molar-refractivity contribution in [2.75, 3.05) is 191 Å². The van der Waals surface area contributed by atoms with E-state index >= 15 is 0 Å². The number of unbranched alkanes of at least 4 members (excludes halogenated alkanes) is 28. The van der Waals surface area contributed by atoms with Crippen molar-refractivity contribution in [2.45, 2.75) is 304 Å². The fraction of sp³-hybridized carbons (Fsp3) is 0.846. The van der Waals surface area contributed by atoms with Crippen molar-refractivity contribution in [1.29, 1.82) is 0 Å². The van der Waals surface area contributed by atoms with Crippen molar-refractivity contribution >= 4 is 31.6 Å². The van der Waals surface area contributed by atoms with Crippen LogP contribution >= 0.6 is 7.82 Å². The van der Waals surface area contributed by atoms with Crippen LogP contribution in [-0.4, -0.2) is 232 Å². The number of nitrogens with one attached hydrogen (secondary N) is 3. The van der Waals surface area contributed by atoms with E-state index in [1.807, 2.05) is 19.1 Å². The van der Waals surface area contributed by atoms with E-state index in [9.17, 15) is 28.6 Å². The number of rotatable bonds is 86. The molecular formula is C91H166N3O22P. The highest BCUT2D eigenvalue weighted by atomic mass is 31.2. The Kier molecular flexibility index (Phi) is 73.0. The zero-order chi connectivity index (χ0) is 84.7. The summed E-state index contributed by atoms with van der Waals surface area (Å²) in [6.45, 7) is 24.9. The standard InChI is InChI=1S/C91H166N3O22P/c1-8-10-12-14-16-18-20-22-24-26-28-30-32-34-36-43-88(97)113-79-91(50-47-87(94-91)116-89(98)44-37-35-33-31-29-27-25-23-21-19-17-15-13-11-9-2)80-115-117(99,100)114-55-52-92-85(95)48-53-101-56-58-103-60-62-105-64-66-107-68-70-109-72-74-111-76-77-112-75-73-110-71-69-108-67-65-106-63-61-104-59-57-102-54-51-93-86(96)78-82(4)41-38-40-81(3)45-46-84-83(5)42-39-49-90(84,6)7/h38,40-41,45-46,78,87,94H,8-37,39,42-44,47-77,79-80H2,1-7H3,(H,92,95)(H,93,96)(H,99,100). The topological polar surface area (TPSA) is 289 Å². The number of amides is 2. The van der Waals surface area contributed by atoms with Crippen LogP contribution in [0.4, 0.5) is 0 Å². The number of ether oxygens (including phenoxy) is 14. The molecule has 1 saturated heterocycles. The fourth-order valence-electron chi connectivity index (χ4n) is 13.6. The SMILES string of the molecule is CCCCCCCCCCCCCCCCCC(=O)OCC1(COP(=O)(O)OCCNC(=O)CCOCCOCCOCCOCCOCCOCCOCCOCCOCCOCCOCCOCCNC(=O)C=C(C)C=CC=C(C)C=CC2=C(C)CCCC2(C)C)CCC(OC(=O)CCCCCCCCCCCCCCCCC)N1. The predicted octanol–water partition coefficient (Wildman–Crippen LogP) is 17.5. The summed E-state index contributed by atoms with van der Waals surface area (Å²) in [5.41, 5.74) is 4.09. The van der Waals surface area contributed by atoms with Crippen LogP contribution in [-0.2, 0) is 99.1 Å². The lowest BCUT2D eigenvalue weighted by Crippen LogP contribution is -2.51. The maximum atomic E-state index is 13.1. The summed E-state index contributed by atoms with van der Waals surface area (Å²) in [6.07, 6.45) is 53.4. The Morgan fingerprint density at radius 1 is 0.444 bits per heavy atom. The first-order valence-corrected chi connectivity index (χ1v) is 47.1. The first kappa shape index (κ1) is 109. The molecule has 0 aromatic rings. The van der Waals surface area contributed by atoms with Gasteiger partial charge in [0.05, 0.1) is 177 Å². The first-order chi connectivity index (χ1) is 57.0. The van der Waals surface area contributed by atoms with Crippen LogP contribution in [0.1, 0.15) is 292 Å². The van der Waals surface area contributed by atoms with Crippen molar-refractivity contribution in [3.05, 3.63) is 58.7 Å². The molecule has 1 aliphatic heterocycles. The van der Waals surface area contributed by atoms with Gasteiger partial charge in [0.25, 0.3) is 0 Å². The minimum atomic E-state index is -4.62. The van der Waals surface area contributed by atoms with Crippen LogP contribution in [0, 0.1) is 5.41 Å². The van der Waals surface area contributed by atoms with E-state index in [0.29, 0.717) is 171 Å². The van der Waals surface area contributed by atoms with Crippen LogP contribution in [0.5, 0.6) is 0 Å². The van der Waals surface area contributed by atoms with Gasteiger partial charge in [-0.3, -0.25) is 33.5 Å². The molecule has 0 bridgehead atoms. The molecule has 26 heteroatoms. The van der Waals surface area contributed by atoms with Gasteiger partial charge >= 0.3 is 19.8 Å². The Morgan fingerprint density at radius 3 is 1.23 bits per heavy atom. The minimum Gasteiger partial charge on any atom is -0.464 e. The first-order valence-electron chi connectivity index (χ1n) is 45.6. The van der Waals surface area contributed by atoms with E-state index in [1.165, 1.54) is 178 Å². The Balaban J connectivity index is 1.40. The molecule has 25 nitrogen and oxygen atoms in total. The van der Waals surface area contributed by atoms with Gasteiger partial charge in [0.15, 0.2) is 6.23 Å². The molecule has 0 spiro atoms. The number of allylic oxidation sites excluding steroid dienone is 9. The molecule has 117 heavy (non-hydrogen) atoms. The van der Waals surface area contributed by atoms with Gasteiger partial charge in [0, 0.05) is 44.8 Å². The second-order valence-corrected chi connectivity index (χ2v) is 33.2. The maximum Gasteiger partial charge on any atom is 0.472 e. The molecule has 0 aromatic heterocycles. The van der Waals surface area contributed by atoms with Crippen LogP contribution in [0.25, 0.3) is 0 Å². The van der Waals surface area contributed by atoms with Gasteiger partial charge in [0.1, 0.15) is 6.61 Å². The van der Waals surface area contributed by atoms with Crippen LogP contribution < -0.4 is 16.0 Å². The Labute approximate surface area is 708 Å². The summed E-state index contributed by atoms with van der Waals surface area (Å²) in [5.74, 6) is -1.15. The van der Waals surface area contributed by atoms with E-state index in [2.05, 4.69) is 75.7 Å². The summed E-state index contributed by atoms with van der Waals surface area (Å²) in [4.78, 5) is 61.5. The van der Waals surface area contributed by atoms with Gasteiger partial charge in [-0.05, 0) is 75.9 Å². The highest BCUT2D eigenvalue weighted by Gasteiger charge is 2.44. The lowest BCUT2D eigenvalue weighted by Gasteiger charge is -2.32. The second-order valence-electron chi connectivity index (χ2n) is 31.7. The lowest BCUT2D eigenvalue weighted by molar-refractivity contribution is -0.152. The zero-order valence-electron chi connectivity index (χ0n) is 74.4. The molecule has 3 unspecified atom stereocenters. The van der Waals surface area contributed by atoms with Gasteiger partial charge in [-0.1, -0.05) is 249 Å². The largest absolute Gasteiger partial charge is 0.472 e. The molecule has 4 N–H and O–H groups in total. The molecule has 2 amide bonds. The van der Waals surface area contributed by atoms with Gasteiger partial charge in [-0.15, -0.1) is 0 Å². The quantitative estimate of drug-likeness (QED) is 0.0145. The average Bonchev–Trinajstić information content (AvgIpc) is 1.81. The van der Waals surface area contributed by atoms with Crippen LogP contribution in [0.3, 0.4) is 0 Å². The van der Waals surface area contributed by atoms with Gasteiger partial charge < -0.3 is 81.8 Å². The summed E-state index contributed by atoms with van der Waals surface area (Å²) in [7, 11) is -4.62. The number of hydrogen-bond donors (Lipinski definition) is 4. The van der Waals surface area contributed by atoms with E-state index in [1.54, 1.807) is 6.08 Å². The summed E-state index contributed by atoms with van der Waals surface area (Å²) < 4.78 is 102. The molecule has 2 aliphatic rings. The van der Waals surface area contributed by atoms with Crippen LogP contribution in [0.2, 0.25) is 0 Å². The maximum absolute atomic E-state index is 13.1. The molecule has 0 saturated carbocycles. The fourth-order valence-corrected chi connectivity index (χ4v) is 14.4.